The van der Waals surface area contributed by atoms with Gasteiger partial charge in [-0.05, 0) is 26.2 Å². The van der Waals surface area contributed by atoms with E-state index in [0.717, 1.165) is 19.3 Å². The normalized spacial score (nSPS) is 10.6. The standard InChI is InChI=1S/C11H20O2/c1-3-4-5-6-7-8-9-10-11(12)13-2/h3-4H,5-10H2,1-2H3/b4-3-. The smallest absolute Gasteiger partial charge is 0.305 e. The van der Waals surface area contributed by atoms with Crippen LogP contribution in [0.2, 0.25) is 0 Å². The molecule has 0 aliphatic heterocycles. The topological polar surface area (TPSA) is 26.3 Å². The highest BCUT2D eigenvalue weighted by Gasteiger charge is 1.98. The minimum atomic E-state index is -0.0894. The summed E-state index contributed by atoms with van der Waals surface area (Å²) < 4.78 is 4.55. The van der Waals surface area contributed by atoms with Gasteiger partial charge in [-0.3, -0.25) is 4.79 Å². The molecule has 0 aromatic carbocycles. The lowest BCUT2D eigenvalue weighted by molar-refractivity contribution is -0.140. The largest absolute Gasteiger partial charge is 0.469 e. The molecule has 76 valence electrons. The molecular formula is C11H20O2. The molecule has 0 N–H and O–H groups in total. The van der Waals surface area contributed by atoms with E-state index in [0.29, 0.717) is 6.42 Å². The Hall–Kier alpha value is -0.790. The van der Waals surface area contributed by atoms with Gasteiger partial charge in [0, 0.05) is 6.42 Å². The molecule has 0 saturated heterocycles. The molecule has 0 radical (unpaired) electrons. The van der Waals surface area contributed by atoms with Gasteiger partial charge in [0.2, 0.25) is 0 Å². The monoisotopic (exact) mass is 184 g/mol. The van der Waals surface area contributed by atoms with E-state index in [1.165, 1.54) is 20.0 Å². The summed E-state index contributed by atoms with van der Waals surface area (Å²) in [7, 11) is 1.44. The number of carbonyl (C=O) groups is 1. The molecule has 0 bridgehead atoms. The highest BCUT2D eigenvalue weighted by molar-refractivity contribution is 5.68. The van der Waals surface area contributed by atoms with Crippen LogP contribution < -0.4 is 0 Å². The number of rotatable bonds is 7. The summed E-state index contributed by atoms with van der Waals surface area (Å²) in [6.45, 7) is 2.04. The van der Waals surface area contributed by atoms with Crippen molar-refractivity contribution in [2.45, 2.75) is 45.4 Å². The number of unbranched alkanes of at least 4 members (excludes halogenated alkanes) is 4. The van der Waals surface area contributed by atoms with Gasteiger partial charge in [-0.15, -0.1) is 0 Å². The predicted molar refractivity (Wildman–Crippen MR) is 54.5 cm³/mol. The van der Waals surface area contributed by atoms with Crippen molar-refractivity contribution in [3.63, 3.8) is 0 Å². The van der Waals surface area contributed by atoms with Crippen LogP contribution in [0.4, 0.5) is 0 Å². The van der Waals surface area contributed by atoms with Crippen LogP contribution in [0.1, 0.15) is 45.4 Å². The maximum absolute atomic E-state index is 10.7. The second-order valence-corrected chi connectivity index (χ2v) is 3.10. The van der Waals surface area contributed by atoms with Crippen LogP contribution in [0.5, 0.6) is 0 Å². The number of esters is 1. The molecule has 0 unspecified atom stereocenters. The second-order valence-electron chi connectivity index (χ2n) is 3.10. The first-order chi connectivity index (χ1) is 6.31. The number of hydrogen-bond donors (Lipinski definition) is 0. The lowest BCUT2D eigenvalue weighted by Gasteiger charge is -1.98. The Labute approximate surface area is 81.0 Å². The molecular weight excluding hydrogens is 164 g/mol. The van der Waals surface area contributed by atoms with Crippen LogP contribution in [0.25, 0.3) is 0 Å². The molecule has 0 amide bonds. The Morgan fingerprint density at radius 3 is 2.54 bits per heavy atom. The lowest BCUT2D eigenvalue weighted by atomic mass is 10.1. The maximum Gasteiger partial charge on any atom is 0.305 e. The van der Waals surface area contributed by atoms with Gasteiger partial charge in [-0.1, -0.05) is 25.0 Å². The Kier molecular flexibility index (Phi) is 8.73. The first kappa shape index (κ1) is 12.2. The minimum absolute atomic E-state index is 0.0894. The maximum atomic E-state index is 10.7. The van der Waals surface area contributed by atoms with E-state index < -0.39 is 0 Å². The third-order valence-corrected chi connectivity index (χ3v) is 1.97. The number of hydrogen-bond acceptors (Lipinski definition) is 2. The van der Waals surface area contributed by atoms with Gasteiger partial charge < -0.3 is 4.74 Å². The van der Waals surface area contributed by atoms with Crippen LogP contribution in [0.15, 0.2) is 12.2 Å². The summed E-state index contributed by atoms with van der Waals surface area (Å²) in [5.74, 6) is -0.0894. The molecule has 2 nitrogen and oxygen atoms in total. The summed E-state index contributed by atoms with van der Waals surface area (Å²) in [6.07, 6.45) is 10.5. The van der Waals surface area contributed by atoms with E-state index in [-0.39, 0.29) is 5.97 Å². The molecule has 0 aliphatic carbocycles. The summed E-state index contributed by atoms with van der Waals surface area (Å²) >= 11 is 0. The fourth-order valence-electron chi connectivity index (χ4n) is 1.15. The van der Waals surface area contributed by atoms with Crippen molar-refractivity contribution in [3.05, 3.63) is 12.2 Å². The molecule has 0 aliphatic rings. The third kappa shape index (κ3) is 9.12. The first-order valence-electron chi connectivity index (χ1n) is 4.99. The van der Waals surface area contributed by atoms with Crippen molar-refractivity contribution in [1.29, 1.82) is 0 Å². The molecule has 0 spiro atoms. The van der Waals surface area contributed by atoms with Gasteiger partial charge in [0.05, 0.1) is 7.11 Å². The highest BCUT2D eigenvalue weighted by atomic mass is 16.5. The van der Waals surface area contributed by atoms with E-state index in [2.05, 4.69) is 16.9 Å². The van der Waals surface area contributed by atoms with Crippen LogP contribution in [0, 0.1) is 0 Å². The average Bonchev–Trinajstić information content (AvgIpc) is 2.16. The van der Waals surface area contributed by atoms with Gasteiger partial charge in [-0.25, -0.2) is 0 Å². The number of carbonyl (C=O) groups excluding carboxylic acids is 1. The van der Waals surface area contributed by atoms with E-state index in [1.807, 2.05) is 6.92 Å². The van der Waals surface area contributed by atoms with Crippen molar-refractivity contribution in [2.75, 3.05) is 7.11 Å². The molecule has 0 saturated carbocycles. The Morgan fingerprint density at radius 2 is 1.92 bits per heavy atom. The summed E-state index contributed by atoms with van der Waals surface area (Å²) in [5, 5.41) is 0. The zero-order valence-electron chi connectivity index (χ0n) is 8.71. The molecule has 0 rings (SSSR count). The number of ether oxygens (including phenoxy) is 1. The average molecular weight is 184 g/mol. The summed E-state index contributed by atoms with van der Waals surface area (Å²) in [4.78, 5) is 10.7. The van der Waals surface area contributed by atoms with Crippen LogP contribution >= 0.6 is 0 Å². The SMILES string of the molecule is C/C=C\CCCCCCC(=O)OC. The van der Waals surface area contributed by atoms with Gasteiger partial charge in [0.1, 0.15) is 0 Å². The zero-order chi connectivity index (χ0) is 9.94. The van der Waals surface area contributed by atoms with E-state index in [4.69, 9.17) is 0 Å². The fraction of sp³-hybridized carbons (Fsp3) is 0.727. The Balaban J connectivity index is 3.03. The fourth-order valence-corrected chi connectivity index (χ4v) is 1.15. The lowest BCUT2D eigenvalue weighted by Crippen LogP contribution is -1.98. The Morgan fingerprint density at radius 1 is 1.23 bits per heavy atom. The molecule has 2 heteroatoms. The van der Waals surface area contributed by atoms with Crippen LogP contribution in [-0.2, 0) is 9.53 Å². The molecule has 0 aromatic rings. The van der Waals surface area contributed by atoms with Crippen molar-refractivity contribution in [3.8, 4) is 0 Å². The minimum Gasteiger partial charge on any atom is -0.469 e. The molecule has 0 aromatic heterocycles. The van der Waals surface area contributed by atoms with Gasteiger partial charge >= 0.3 is 5.97 Å². The molecule has 0 fully saturated rings. The van der Waals surface area contributed by atoms with E-state index in [1.54, 1.807) is 0 Å². The predicted octanol–water partition coefficient (Wildman–Crippen LogP) is 3.08. The van der Waals surface area contributed by atoms with Crippen molar-refractivity contribution in [1.82, 2.24) is 0 Å². The molecule has 13 heavy (non-hydrogen) atoms. The molecule has 0 heterocycles. The van der Waals surface area contributed by atoms with E-state index in [9.17, 15) is 4.79 Å². The Bertz CT molecular complexity index is 150. The summed E-state index contributed by atoms with van der Waals surface area (Å²) in [5.41, 5.74) is 0. The van der Waals surface area contributed by atoms with E-state index >= 15 is 0 Å². The van der Waals surface area contributed by atoms with Crippen molar-refractivity contribution >= 4 is 5.97 Å². The second kappa shape index (κ2) is 9.30. The first-order valence-corrected chi connectivity index (χ1v) is 4.99. The van der Waals surface area contributed by atoms with Crippen molar-refractivity contribution < 1.29 is 9.53 Å². The highest BCUT2D eigenvalue weighted by Crippen LogP contribution is 2.06. The molecule has 0 atom stereocenters. The number of allylic oxidation sites excluding steroid dienone is 2. The third-order valence-electron chi connectivity index (χ3n) is 1.97. The van der Waals surface area contributed by atoms with Gasteiger partial charge in [0.25, 0.3) is 0 Å². The van der Waals surface area contributed by atoms with Crippen LogP contribution in [-0.4, -0.2) is 13.1 Å². The van der Waals surface area contributed by atoms with Gasteiger partial charge in [-0.2, -0.15) is 0 Å². The zero-order valence-corrected chi connectivity index (χ0v) is 8.71. The number of methoxy groups -OCH3 is 1. The van der Waals surface area contributed by atoms with Crippen LogP contribution in [0.3, 0.4) is 0 Å². The summed E-state index contributed by atoms with van der Waals surface area (Å²) in [6, 6.07) is 0. The van der Waals surface area contributed by atoms with Crippen molar-refractivity contribution in [2.24, 2.45) is 0 Å². The van der Waals surface area contributed by atoms with Gasteiger partial charge in [0.15, 0.2) is 0 Å². The quantitative estimate of drug-likeness (QED) is 0.345.